The Bertz CT molecular complexity index is 151. The van der Waals surface area contributed by atoms with Crippen LogP contribution in [0.15, 0.2) is 0 Å². The molecule has 1 aliphatic rings. The Balaban J connectivity index is 2.30. The summed E-state index contributed by atoms with van der Waals surface area (Å²) in [4.78, 5) is 0. The fourth-order valence-corrected chi connectivity index (χ4v) is 1.32. The Hall–Kier alpha value is -0.290. The van der Waals surface area contributed by atoms with Crippen molar-refractivity contribution < 1.29 is 18.3 Å². The molecule has 1 heterocycles. The van der Waals surface area contributed by atoms with Crippen LogP contribution in [-0.2, 0) is 0 Å². The van der Waals surface area contributed by atoms with Crippen LogP contribution in [0.2, 0.25) is 0 Å². The highest BCUT2D eigenvalue weighted by molar-refractivity contribution is 4.87. The Morgan fingerprint density at radius 3 is 2.50 bits per heavy atom. The molecule has 2 N–H and O–H groups in total. The van der Waals surface area contributed by atoms with Gasteiger partial charge in [0.05, 0.1) is 5.60 Å². The van der Waals surface area contributed by atoms with E-state index in [1.807, 2.05) is 0 Å². The SMILES string of the molecule is OC1(CCC(F)(F)F)CCNC1. The smallest absolute Gasteiger partial charge is 0.389 e. The van der Waals surface area contributed by atoms with E-state index in [1.165, 1.54) is 0 Å². The topological polar surface area (TPSA) is 32.3 Å². The highest BCUT2D eigenvalue weighted by Crippen LogP contribution is 2.28. The predicted molar refractivity (Wildman–Crippen MR) is 37.7 cm³/mol. The second-order valence-corrected chi connectivity index (χ2v) is 3.27. The molecule has 0 spiro atoms. The first-order valence-electron chi connectivity index (χ1n) is 3.91. The van der Waals surface area contributed by atoms with Gasteiger partial charge in [-0.05, 0) is 19.4 Å². The Labute approximate surface area is 68.8 Å². The minimum Gasteiger partial charge on any atom is -0.389 e. The zero-order chi connectivity index (χ0) is 9.24. The predicted octanol–water partition coefficient (Wildman–Crippen LogP) is 1.05. The first-order valence-corrected chi connectivity index (χ1v) is 3.91. The lowest BCUT2D eigenvalue weighted by Gasteiger charge is -2.21. The van der Waals surface area contributed by atoms with Crippen molar-refractivity contribution in [3.63, 3.8) is 0 Å². The third kappa shape index (κ3) is 2.98. The van der Waals surface area contributed by atoms with E-state index in [-0.39, 0.29) is 13.0 Å². The Morgan fingerprint density at radius 1 is 1.42 bits per heavy atom. The van der Waals surface area contributed by atoms with E-state index in [2.05, 4.69) is 5.32 Å². The molecule has 1 aliphatic heterocycles. The molecule has 1 saturated heterocycles. The van der Waals surface area contributed by atoms with Crippen molar-refractivity contribution in [1.82, 2.24) is 5.32 Å². The normalized spacial score (nSPS) is 31.0. The Kier molecular flexibility index (Phi) is 2.63. The van der Waals surface area contributed by atoms with Gasteiger partial charge in [-0.3, -0.25) is 0 Å². The van der Waals surface area contributed by atoms with Gasteiger partial charge in [0.2, 0.25) is 0 Å². The van der Waals surface area contributed by atoms with Crippen LogP contribution in [0.5, 0.6) is 0 Å². The zero-order valence-corrected chi connectivity index (χ0v) is 6.62. The molecule has 12 heavy (non-hydrogen) atoms. The molecule has 0 aromatic carbocycles. The highest BCUT2D eigenvalue weighted by Gasteiger charge is 2.36. The van der Waals surface area contributed by atoms with E-state index in [0.29, 0.717) is 13.0 Å². The largest absolute Gasteiger partial charge is 0.389 e. The van der Waals surface area contributed by atoms with Gasteiger partial charge in [0.25, 0.3) is 0 Å². The molecule has 0 aliphatic carbocycles. The minimum atomic E-state index is -4.15. The average molecular weight is 183 g/mol. The van der Waals surface area contributed by atoms with E-state index >= 15 is 0 Å². The summed E-state index contributed by atoms with van der Waals surface area (Å²) in [5, 5.41) is 12.3. The van der Waals surface area contributed by atoms with Crippen LogP contribution in [0.25, 0.3) is 0 Å². The van der Waals surface area contributed by atoms with Gasteiger partial charge in [-0.25, -0.2) is 0 Å². The molecule has 1 rings (SSSR count). The van der Waals surface area contributed by atoms with Crippen LogP contribution in [0.1, 0.15) is 19.3 Å². The number of alkyl halides is 3. The van der Waals surface area contributed by atoms with Crippen molar-refractivity contribution in [3.8, 4) is 0 Å². The van der Waals surface area contributed by atoms with Gasteiger partial charge in [0.15, 0.2) is 0 Å². The van der Waals surface area contributed by atoms with Crippen molar-refractivity contribution in [2.75, 3.05) is 13.1 Å². The van der Waals surface area contributed by atoms with Gasteiger partial charge in [0.1, 0.15) is 0 Å². The fourth-order valence-electron chi connectivity index (χ4n) is 1.32. The number of halogens is 3. The molecule has 1 atom stereocenters. The van der Waals surface area contributed by atoms with Crippen LogP contribution in [-0.4, -0.2) is 30.0 Å². The third-order valence-corrected chi connectivity index (χ3v) is 2.10. The van der Waals surface area contributed by atoms with Gasteiger partial charge in [0, 0.05) is 13.0 Å². The van der Waals surface area contributed by atoms with Crippen LogP contribution < -0.4 is 5.32 Å². The van der Waals surface area contributed by atoms with Gasteiger partial charge in [-0.1, -0.05) is 0 Å². The standard InChI is InChI=1S/C7H12F3NO/c8-7(9,10)2-1-6(12)3-4-11-5-6/h11-12H,1-5H2. The number of aliphatic hydroxyl groups is 1. The maximum Gasteiger partial charge on any atom is 0.389 e. The van der Waals surface area contributed by atoms with Crippen molar-refractivity contribution in [2.24, 2.45) is 0 Å². The molecule has 0 bridgehead atoms. The molecule has 0 amide bonds. The summed E-state index contributed by atoms with van der Waals surface area (Å²) in [7, 11) is 0. The molecular weight excluding hydrogens is 171 g/mol. The maximum atomic E-state index is 11.7. The van der Waals surface area contributed by atoms with E-state index in [4.69, 9.17) is 0 Å². The number of rotatable bonds is 2. The molecule has 5 heteroatoms. The van der Waals surface area contributed by atoms with Crippen LogP contribution in [0, 0.1) is 0 Å². The van der Waals surface area contributed by atoms with Gasteiger partial charge in [-0.2, -0.15) is 13.2 Å². The summed E-state index contributed by atoms with van der Waals surface area (Å²) in [5.74, 6) is 0. The average Bonchev–Trinajstić information content (AvgIpc) is 2.32. The van der Waals surface area contributed by atoms with Gasteiger partial charge in [-0.15, -0.1) is 0 Å². The lowest BCUT2D eigenvalue weighted by molar-refractivity contribution is -0.145. The lowest BCUT2D eigenvalue weighted by atomic mass is 9.97. The summed E-state index contributed by atoms with van der Waals surface area (Å²) >= 11 is 0. The molecule has 0 radical (unpaired) electrons. The first kappa shape index (κ1) is 9.80. The van der Waals surface area contributed by atoms with Crippen molar-refractivity contribution >= 4 is 0 Å². The van der Waals surface area contributed by atoms with E-state index < -0.39 is 18.2 Å². The van der Waals surface area contributed by atoms with Crippen LogP contribution in [0.3, 0.4) is 0 Å². The van der Waals surface area contributed by atoms with E-state index in [0.717, 1.165) is 0 Å². The molecule has 0 aromatic rings. The maximum absolute atomic E-state index is 11.7. The molecule has 72 valence electrons. The number of hydrogen-bond donors (Lipinski definition) is 2. The van der Waals surface area contributed by atoms with Crippen molar-refractivity contribution in [3.05, 3.63) is 0 Å². The molecule has 0 aromatic heterocycles. The van der Waals surface area contributed by atoms with Gasteiger partial charge < -0.3 is 10.4 Å². The quantitative estimate of drug-likeness (QED) is 0.670. The molecule has 2 nitrogen and oxygen atoms in total. The number of hydrogen-bond acceptors (Lipinski definition) is 2. The van der Waals surface area contributed by atoms with Gasteiger partial charge >= 0.3 is 6.18 Å². The number of β-amino-alcohol motifs (C(OH)–C–C–N with tert-alkyl or cyclic N) is 1. The van der Waals surface area contributed by atoms with Crippen molar-refractivity contribution in [1.29, 1.82) is 0 Å². The molecule has 1 fully saturated rings. The summed E-state index contributed by atoms with van der Waals surface area (Å²) < 4.78 is 35.2. The highest BCUT2D eigenvalue weighted by atomic mass is 19.4. The Morgan fingerprint density at radius 2 is 2.08 bits per heavy atom. The van der Waals surface area contributed by atoms with E-state index in [9.17, 15) is 18.3 Å². The van der Waals surface area contributed by atoms with Crippen LogP contribution in [0.4, 0.5) is 13.2 Å². The first-order chi connectivity index (χ1) is 5.41. The lowest BCUT2D eigenvalue weighted by Crippen LogP contribution is -2.32. The second kappa shape index (κ2) is 3.22. The summed E-state index contributed by atoms with van der Waals surface area (Å²) in [6, 6.07) is 0. The fraction of sp³-hybridized carbons (Fsp3) is 1.00. The second-order valence-electron chi connectivity index (χ2n) is 3.27. The molecule has 0 saturated carbocycles. The molecular formula is C7H12F3NO. The number of nitrogens with one attached hydrogen (secondary N) is 1. The molecule has 1 unspecified atom stereocenters. The minimum absolute atomic E-state index is 0.191. The van der Waals surface area contributed by atoms with Crippen LogP contribution >= 0.6 is 0 Å². The zero-order valence-electron chi connectivity index (χ0n) is 6.62. The summed E-state index contributed by atoms with van der Waals surface area (Å²) in [6.07, 6.45) is -4.82. The summed E-state index contributed by atoms with van der Waals surface area (Å²) in [5.41, 5.74) is -1.13. The third-order valence-electron chi connectivity index (χ3n) is 2.10. The summed E-state index contributed by atoms with van der Waals surface area (Å²) in [6.45, 7) is 0.886. The van der Waals surface area contributed by atoms with Crippen molar-refractivity contribution in [2.45, 2.75) is 31.0 Å². The monoisotopic (exact) mass is 183 g/mol. The van der Waals surface area contributed by atoms with E-state index in [1.54, 1.807) is 0 Å².